The van der Waals surface area contributed by atoms with Gasteiger partial charge in [0.25, 0.3) is 0 Å². The van der Waals surface area contributed by atoms with Crippen LogP contribution in [0.1, 0.15) is 13.3 Å². The van der Waals surface area contributed by atoms with Crippen LogP contribution < -0.4 is 5.73 Å². The highest BCUT2D eigenvalue weighted by molar-refractivity contribution is 7.89. The van der Waals surface area contributed by atoms with Gasteiger partial charge in [-0.3, -0.25) is 10.1 Å². The molecule has 0 amide bonds. The van der Waals surface area contributed by atoms with Crippen molar-refractivity contribution in [3.63, 3.8) is 0 Å². The highest BCUT2D eigenvalue weighted by Gasteiger charge is 2.32. The van der Waals surface area contributed by atoms with E-state index in [0.29, 0.717) is 12.5 Å². The van der Waals surface area contributed by atoms with Crippen molar-refractivity contribution in [2.45, 2.75) is 24.3 Å². The van der Waals surface area contributed by atoms with E-state index in [2.05, 4.69) is 0 Å². The van der Waals surface area contributed by atoms with Crippen LogP contribution >= 0.6 is 0 Å². The first-order valence-corrected chi connectivity index (χ1v) is 7.87. The zero-order valence-corrected chi connectivity index (χ0v) is 12.2. The predicted molar refractivity (Wildman–Crippen MR) is 73.6 cm³/mol. The lowest BCUT2D eigenvalue weighted by Crippen LogP contribution is -2.48. The molecular formula is C12H16FN3O4S. The van der Waals surface area contributed by atoms with Gasteiger partial charge >= 0.3 is 5.69 Å². The maximum absolute atomic E-state index is 13.6. The van der Waals surface area contributed by atoms with E-state index in [1.165, 1.54) is 4.31 Å². The molecule has 1 aliphatic rings. The average Bonchev–Trinajstić information content (AvgIpc) is 2.41. The fourth-order valence-electron chi connectivity index (χ4n) is 2.29. The monoisotopic (exact) mass is 317 g/mol. The molecule has 0 bridgehead atoms. The van der Waals surface area contributed by atoms with Gasteiger partial charge < -0.3 is 5.73 Å². The summed E-state index contributed by atoms with van der Waals surface area (Å²) in [5.74, 6) is -1.17. The van der Waals surface area contributed by atoms with Gasteiger partial charge in [0, 0.05) is 31.3 Å². The summed E-state index contributed by atoms with van der Waals surface area (Å²) in [6.45, 7) is 2.36. The zero-order chi connectivity index (χ0) is 15.8. The topological polar surface area (TPSA) is 107 Å². The number of rotatable bonds is 3. The predicted octanol–water partition coefficient (Wildman–Crippen LogP) is 1.09. The number of nitro groups is 1. The number of benzene rings is 1. The molecule has 1 aromatic carbocycles. The number of piperidine rings is 1. The average molecular weight is 317 g/mol. The summed E-state index contributed by atoms with van der Waals surface area (Å²) in [5, 5.41) is 10.6. The zero-order valence-electron chi connectivity index (χ0n) is 11.4. The maximum atomic E-state index is 13.6. The van der Waals surface area contributed by atoms with Crippen molar-refractivity contribution in [1.29, 1.82) is 0 Å². The second-order valence-corrected chi connectivity index (χ2v) is 7.10. The van der Waals surface area contributed by atoms with E-state index in [1.807, 2.05) is 6.92 Å². The van der Waals surface area contributed by atoms with E-state index in [-0.39, 0.29) is 29.9 Å². The van der Waals surface area contributed by atoms with Crippen molar-refractivity contribution < 1.29 is 17.7 Å². The largest absolute Gasteiger partial charge is 0.327 e. The third kappa shape index (κ3) is 3.04. The van der Waals surface area contributed by atoms with Crippen molar-refractivity contribution in [3.05, 3.63) is 34.1 Å². The molecule has 0 aromatic heterocycles. The van der Waals surface area contributed by atoms with Crippen LogP contribution in [-0.4, -0.2) is 36.8 Å². The Hall–Kier alpha value is -1.58. The van der Waals surface area contributed by atoms with Crippen molar-refractivity contribution in [2.24, 2.45) is 11.7 Å². The number of hydrogen-bond acceptors (Lipinski definition) is 5. The van der Waals surface area contributed by atoms with Crippen LogP contribution in [0.4, 0.5) is 10.1 Å². The summed E-state index contributed by atoms with van der Waals surface area (Å²) in [6.07, 6.45) is 0.524. The van der Waals surface area contributed by atoms with Crippen LogP contribution in [0.25, 0.3) is 0 Å². The van der Waals surface area contributed by atoms with E-state index in [1.54, 1.807) is 0 Å². The molecule has 1 aromatic rings. The van der Waals surface area contributed by atoms with Crippen LogP contribution in [0.3, 0.4) is 0 Å². The minimum absolute atomic E-state index is 0.00331. The maximum Gasteiger partial charge on any atom is 0.304 e. The first-order chi connectivity index (χ1) is 9.73. The fourth-order valence-corrected chi connectivity index (χ4v) is 3.86. The van der Waals surface area contributed by atoms with E-state index in [0.717, 1.165) is 12.1 Å². The molecule has 7 nitrogen and oxygen atoms in total. The molecule has 1 saturated heterocycles. The summed E-state index contributed by atoms with van der Waals surface area (Å²) >= 11 is 0. The Balaban J connectivity index is 2.32. The van der Waals surface area contributed by atoms with Crippen molar-refractivity contribution >= 4 is 15.7 Å². The molecule has 0 radical (unpaired) electrons. The number of hydrogen-bond donors (Lipinski definition) is 1. The fraction of sp³-hybridized carbons (Fsp3) is 0.500. The third-order valence-corrected chi connectivity index (χ3v) is 5.55. The second kappa shape index (κ2) is 5.66. The molecule has 0 aliphatic carbocycles. The molecule has 2 atom stereocenters. The lowest BCUT2D eigenvalue weighted by Gasteiger charge is -2.34. The Morgan fingerprint density at radius 1 is 1.48 bits per heavy atom. The van der Waals surface area contributed by atoms with E-state index in [4.69, 9.17) is 5.73 Å². The molecule has 21 heavy (non-hydrogen) atoms. The van der Waals surface area contributed by atoms with Gasteiger partial charge in [-0.15, -0.1) is 0 Å². The number of nitrogens with zero attached hydrogens (tertiary/aromatic N) is 2. The molecule has 2 rings (SSSR count). The van der Waals surface area contributed by atoms with Crippen LogP contribution in [0.2, 0.25) is 0 Å². The number of sulfonamides is 1. The first kappa shape index (κ1) is 15.8. The molecule has 9 heteroatoms. The van der Waals surface area contributed by atoms with Crippen LogP contribution in [0, 0.1) is 21.8 Å². The Labute approximate surface area is 121 Å². The SMILES string of the molecule is CC1CN(S(=O)(=O)c2ccc([N+](=O)[O-])c(F)c2)CCC1N. The second-order valence-electron chi connectivity index (χ2n) is 5.16. The molecule has 2 N–H and O–H groups in total. The number of halogens is 1. The van der Waals surface area contributed by atoms with Crippen molar-refractivity contribution in [2.75, 3.05) is 13.1 Å². The minimum Gasteiger partial charge on any atom is -0.327 e. The highest BCUT2D eigenvalue weighted by atomic mass is 32.2. The summed E-state index contributed by atoms with van der Waals surface area (Å²) in [7, 11) is -3.87. The third-order valence-electron chi connectivity index (χ3n) is 3.69. The Bertz CT molecular complexity index is 664. The molecule has 1 fully saturated rings. The molecule has 1 heterocycles. The molecule has 0 spiro atoms. The van der Waals surface area contributed by atoms with Gasteiger partial charge in [-0.1, -0.05) is 6.92 Å². The summed E-state index contributed by atoms with van der Waals surface area (Å²) in [6, 6.07) is 2.54. The van der Waals surface area contributed by atoms with Crippen LogP contribution in [0.15, 0.2) is 23.1 Å². The van der Waals surface area contributed by atoms with Gasteiger partial charge in [-0.05, 0) is 18.4 Å². The van der Waals surface area contributed by atoms with Gasteiger partial charge in [-0.25, -0.2) is 8.42 Å². The highest BCUT2D eigenvalue weighted by Crippen LogP contribution is 2.26. The molecule has 1 aliphatic heterocycles. The summed E-state index contributed by atoms with van der Waals surface area (Å²) < 4.78 is 39.7. The van der Waals surface area contributed by atoms with E-state index >= 15 is 0 Å². The lowest BCUT2D eigenvalue weighted by atomic mass is 9.96. The standard InChI is InChI=1S/C12H16FN3O4S/c1-8-7-15(5-4-11(8)14)21(19,20)9-2-3-12(16(17)18)10(13)6-9/h2-3,6,8,11H,4-5,7,14H2,1H3. The summed E-state index contributed by atoms with van der Waals surface area (Å²) in [5.41, 5.74) is 5.10. The minimum atomic E-state index is -3.87. The number of nitrogens with two attached hydrogens (primary N) is 1. The van der Waals surface area contributed by atoms with Gasteiger partial charge in [0.05, 0.1) is 9.82 Å². The van der Waals surface area contributed by atoms with E-state index < -0.39 is 26.5 Å². The van der Waals surface area contributed by atoms with Crippen LogP contribution in [0.5, 0.6) is 0 Å². The van der Waals surface area contributed by atoms with Gasteiger partial charge in [0.15, 0.2) is 0 Å². The Morgan fingerprint density at radius 2 is 2.14 bits per heavy atom. The van der Waals surface area contributed by atoms with Crippen molar-refractivity contribution in [3.8, 4) is 0 Å². The molecule has 0 saturated carbocycles. The lowest BCUT2D eigenvalue weighted by molar-refractivity contribution is -0.387. The molecule has 116 valence electrons. The van der Waals surface area contributed by atoms with Crippen molar-refractivity contribution in [1.82, 2.24) is 4.31 Å². The van der Waals surface area contributed by atoms with Gasteiger partial charge in [-0.2, -0.15) is 8.70 Å². The molecular weight excluding hydrogens is 301 g/mol. The van der Waals surface area contributed by atoms with Gasteiger partial charge in [0.1, 0.15) is 0 Å². The smallest absolute Gasteiger partial charge is 0.304 e. The summed E-state index contributed by atoms with van der Waals surface area (Å²) in [4.78, 5) is 9.38. The van der Waals surface area contributed by atoms with Crippen LogP contribution in [-0.2, 0) is 10.0 Å². The Morgan fingerprint density at radius 3 is 2.67 bits per heavy atom. The van der Waals surface area contributed by atoms with Gasteiger partial charge in [0.2, 0.25) is 15.8 Å². The van der Waals surface area contributed by atoms with E-state index in [9.17, 15) is 22.9 Å². The quantitative estimate of drug-likeness (QED) is 0.663. The normalized spacial score (nSPS) is 24.0. The first-order valence-electron chi connectivity index (χ1n) is 6.43. The molecule has 2 unspecified atom stereocenters. The Kier molecular flexibility index (Phi) is 4.26. The number of nitro benzene ring substituents is 1.